The lowest BCUT2D eigenvalue weighted by Gasteiger charge is -2.24. The fraction of sp³-hybridized carbons (Fsp3) is 0.440. The molecule has 1 saturated heterocycles. The van der Waals surface area contributed by atoms with Crippen LogP contribution in [0.2, 0.25) is 0 Å². The van der Waals surface area contributed by atoms with Crippen molar-refractivity contribution in [2.45, 2.75) is 39.2 Å². The van der Waals surface area contributed by atoms with Crippen LogP contribution in [0.1, 0.15) is 43.7 Å². The van der Waals surface area contributed by atoms with Gasteiger partial charge in [-0.2, -0.15) is 0 Å². The number of carbonyl (C=O) groups is 2. The molecule has 0 aliphatic carbocycles. The molecule has 2 aromatic rings. The minimum absolute atomic E-state index is 0.00136. The molecule has 1 aliphatic heterocycles. The Morgan fingerprint density at radius 1 is 1.16 bits per heavy atom. The third kappa shape index (κ3) is 4.68. The first-order chi connectivity index (χ1) is 14.9. The number of rotatable bonds is 8. The molecule has 3 rings (SSSR count). The van der Waals surface area contributed by atoms with E-state index in [2.05, 4.69) is 19.9 Å². The lowest BCUT2D eigenvalue weighted by molar-refractivity contribution is -0.135. The number of methoxy groups -OCH3 is 2. The van der Waals surface area contributed by atoms with E-state index in [1.54, 1.807) is 31.1 Å². The first-order valence-corrected chi connectivity index (χ1v) is 10.7. The molecule has 31 heavy (non-hydrogen) atoms. The largest absolute Gasteiger partial charge is 0.493 e. The third-order valence-corrected chi connectivity index (χ3v) is 6.11. The number of ether oxygens (including phenoxy) is 2. The highest BCUT2D eigenvalue weighted by Crippen LogP contribution is 2.35. The van der Waals surface area contributed by atoms with Crippen molar-refractivity contribution in [3.63, 3.8) is 0 Å². The number of hydrogen-bond donors (Lipinski definition) is 0. The molecule has 0 unspecified atom stereocenters. The highest BCUT2D eigenvalue weighted by Gasteiger charge is 2.37. The van der Waals surface area contributed by atoms with Crippen LogP contribution in [0.3, 0.4) is 0 Å². The Hall–Kier alpha value is -3.02. The van der Waals surface area contributed by atoms with Crippen LogP contribution >= 0.6 is 0 Å². The average molecular weight is 425 g/mol. The summed E-state index contributed by atoms with van der Waals surface area (Å²) in [5, 5.41) is 0. The summed E-state index contributed by atoms with van der Waals surface area (Å²) in [5.41, 5.74) is 2.94. The Morgan fingerprint density at radius 2 is 1.90 bits per heavy atom. The number of para-hydroxylation sites is 2. The zero-order chi connectivity index (χ0) is 22.5. The molecule has 2 atom stereocenters. The molecule has 2 amide bonds. The van der Waals surface area contributed by atoms with Gasteiger partial charge in [0.15, 0.2) is 11.5 Å². The van der Waals surface area contributed by atoms with Crippen molar-refractivity contribution in [3.05, 3.63) is 53.6 Å². The Labute approximate surface area is 184 Å². The standard InChI is InChI=1S/C25H32N2O4/c1-6-17(2)20-11-7-8-12-21(20)27-16-19(14-23(27)28)25(29)26(3)15-18-10-9-13-22(30-4)24(18)31-5/h7-13,17,19H,6,14-16H2,1-5H3/t17-,19+/m0/s1. The van der Waals surface area contributed by atoms with Crippen LogP contribution in [0.15, 0.2) is 42.5 Å². The molecule has 0 bridgehead atoms. The summed E-state index contributed by atoms with van der Waals surface area (Å²) < 4.78 is 10.8. The molecule has 166 valence electrons. The summed E-state index contributed by atoms with van der Waals surface area (Å²) in [6, 6.07) is 13.6. The van der Waals surface area contributed by atoms with Gasteiger partial charge in [-0.1, -0.05) is 44.2 Å². The van der Waals surface area contributed by atoms with Crippen molar-refractivity contribution in [2.75, 3.05) is 32.7 Å². The summed E-state index contributed by atoms with van der Waals surface area (Å²) >= 11 is 0. The molecule has 2 aromatic carbocycles. The second kappa shape index (κ2) is 9.86. The fourth-order valence-corrected chi connectivity index (χ4v) is 4.20. The maximum Gasteiger partial charge on any atom is 0.228 e. The van der Waals surface area contributed by atoms with Crippen LogP contribution in [-0.2, 0) is 16.1 Å². The minimum atomic E-state index is -0.362. The highest BCUT2D eigenvalue weighted by atomic mass is 16.5. The van der Waals surface area contributed by atoms with Crippen molar-refractivity contribution in [2.24, 2.45) is 5.92 Å². The molecule has 1 fully saturated rings. The van der Waals surface area contributed by atoms with Crippen molar-refractivity contribution in [3.8, 4) is 11.5 Å². The lowest BCUT2D eigenvalue weighted by Crippen LogP contribution is -2.34. The first-order valence-electron chi connectivity index (χ1n) is 10.7. The van der Waals surface area contributed by atoms with E-state index in [1.807, 2.05) is 36.4 Å². The number of carbonyl (C=O) groups excluding carboxylic acids is 2. The van der Waals surface area contributed by atoms with Gasteiger partial charge < -0.3 is 19.3 Å². The SMILES string of the molecule is CC[C@H](C)c1ccccc1N1C[C@H](C(=O)N(C)Cc2cccc(OC)c2OC)CC1=O. The summed E-state index contributed by atoms with van der Waals surface area (Å²) in [4.78, 5) is 29.5. The number of benzene rings is 2. The summed E-state index contributed by atoms with van der Waals surface area (Å²) in [6.45, 7) is 5.09. The van der Waals surface area contributed by atoms with Crippen LogP contribution in [0.5, 0.6) is 11.5 Å². The molecule has 0 spiro atoms. The van der Waals surface area contributed by atoms with E-state index >= 15 is 0 Å². The maximum absolute atomic E-state index is 13.2. The molecule has 6 heteroatoms. The first kappa shape index (κ1) is 22.7. The van der Waals surface area contributed by atoms with E-state index < -0.39 is 0 Å². The maximum atomic E-state index is 13.2. The van der Waals surface area contributed by atoms with Crippen LogP contribution in [0, 0.1) is 5.92 Å². The van der Waals surface area contributed by atoms with Crippen molar-refractivity contribution >= 4 is 17.5 Å². The summed E-state index contributed by atoms with van der Waals surface area (Å²) in [5.74, 6) is 1.20. The number of hydrogen-bond acceptors (Lipinski definition) is 4. The van der Waals surface area contributed by atoms with Gasteiger partial charge >= 0.3 is 0 Å². The smallest absolute Gasteiger partial charge is 0.228 e. The van der Waals surface area contributed by atoms with E-state index in [9.17, 15) is 9.59 Å². The summed E-state index contributed by atoms with van der Waals surface area (Å²) in [6.07, 6.45) is 1.22. The van der Waals surface area contributed by atoms with Gasteiger partial charge in [0.1, 0.15) is 0 Å². The second-order valence-corrected chi connectivity index (χ2v) is 8.12. The van der Waals surface area contributed by atoms with Crippen LogP contribution in [0.25, 0.3) is 0 Å². The molecular formula is C25H32N2O4. The molecule has 0 radical (unpaired) electrons. The zero-order valence-corrected chi connectivity index (χ0v) is 19.1. The Bertz CT molecular complexity index is 943. The minimum Gasteiger partial charge on any atom is -0.493 e. The third-order valence-electron chi connectivity index (χ3n) is 6.11. The monoisotopic (exact) mass is 424 g/mol. The molecule has 6 nitrogen and oxygen atoms in total. The lowest BCUT2D eigenvalue weighted by atomic mass is 9.96. The fourth-order valence-electron chi connectivity index (χ4n) is 4.20. The quantitative estimate of drug-likeness (QED) is 0.636. The number of anilines is 1. The second-order valence-electron chi connectivity index (χ2n) is 8.12. The van der Waals surface area contributed by atoms with Crippen molar-refractivity contribution in [1.29, 1.82) is 0 Å². The van der Waals surface area contributed by atoms with Crippen LogP contribution < -0.4 is 14.4 Å². The molecule has 0 saturated carbocycles. The molecule has 0 aromatic heterocycles. The topological polar surface area (TPSA) is 59.1 Å². The van der Waals surface area contributed by atoms with Crippen LogP contribution in [0.4, 0.5) is 5.69 Å². The van der Waals surface area contributed by atoms with Crippen LogP contribution in [-0.4, -0.2) is 44.5 Å². The molecule has 1 heterocycles. The Balaban J connectivity index is 1.76. The molecule has 0 N–H and O–H groups in total. The van der Waals surface area contributed by atoms with E-state index in [4.69, 9.17) is 9.47 Å². The predicted molar refractivity (Wildman–Crippen MR) is 122 cm³/mol. The number of amides is 2. The normalized spacial score (nSPS) is 16.9. The highest BCUT2D eigenvalue weighted by molar-refractivity contribution is 6.00. The summed E-state index contributed by atoms with van der Waals surface area (Å²) in [7, 11) is 4.94. The molecular weight excluding hydrogens is 392 g/mol. The van der Waals surface area contributed by atoms with Gasteiger partial charge in [0.25, 0.3) is 0 Å². The van der Waals surface area contributed by atoms with Gasteiger partial charge in [-0.05, 0) is 30.0 Å². The van der Waals surface area contributed by atoms with Gasteiger partial charge in [-0.3, -0.25) is 9.59 Å². The average Bonchev–Trinajstić information content (AvgIpc) is 3.18. The Morgan fingerprint density at radius 3 is 2.58 bits per heavy atom. The van der Waals surface area contributed by atoms with Gasteiger partial charge in [0.2, 0.25) is 11.8 Å². The van der Waals surface area contributed by atoms with Gasteiger partial charge in [0.05, 0.1) is 20.1 Å². The van der Waals surface area contributed by atoms with E-state index in [0.717, 1.165) is 23.2 Å². The van der Waals surface area contributed by atoms with E-state index in [-0.39, 0.29) is 24.2 Å². The van der Waals surface area contributed by atoms with Gasteiger partial charge in [0, 0.05) is 37.8 Å². The van der Waals surface area contributed by atoms with Gasteiger partial charge in [-0.15, -0.1) is 0 Å². The van der Waals surface area contributed by atoms with Gasteiger partial charge in [-0.25, -0.2) is 0 Å². The van der Waals surface area contributed by atoms with E-state index in [1.165, 1.54) is 0 Å². The van der Waals surface area contributed by atoms with Crippen molar-refractivity contribution < 1.29 is 19.1 Å². The molecule has 1 aliphatic rings. The number of nitrogens with zero attached hydrogens (tertiary/aromatic N) is 2. The zero-order valence-electron chi connectivity index (χ0n) is 19.1. The Kier molecular flexibility index (Phi) is 7.21. The van der Waals surface area contributed by atoms with E-state index in [0.29, 0.717) is 30.5 Å². The van der Waals surface area contributed by atoms with Crippen molar-refractivity contribution in [1.82, 2.24) is 4.90 Å². The predicted octanol–water partition coefficient (Wildman–Crippen LogP) is 4.23.